The van der Waals surface area contributed by atoms with Crippen molar-refractivity contribution in [2.24, 2.45) is 11.8 Å². The Morgan fingerprint density at radius 1 is 1.33 bits per heavy atom. The molecular weight excluding hydrogens is 236 g/mol. The maximum Gasteiger partial charge on any atom is 0.306 e. The standard InChI is InChI=1S/C12H20N2O4/c1-8(15)14(2)7-11(16)13-6-9-4-3-5-10(9)12(17)18/h9-10H,3-7H2,1-2H3,(H,13,16)(H,17,18). The average Bonchev–Trinajstić information content (AvgIpc) is 2.74. The summed E-state index contributed by atoms with van der Waals surface area (Å²) in [6.45, 7) is 1.78. The van der Waals surface area contributed by atoms with Crippen LogP contribution in [0.1, 0.15) is 26.2 Å². The highest BCUT2D eigenvalue weighted by atomic mass is 16.4. The normalized spacial score (nSPS) is 22.6. The molecule has 0 radical (unpaired) electrons. The largest absolute Gasteiger partial charge is 0.481 e. The topological polar surface area (TPSA) is 86.7 Å². The van der Waals surface area contributed by atoms with Gasteiger partial charge in [-0.1, -0.05) is 6.42 Å². The van der Waals surface area contributed by atoms with Crippen LogP contribution in [0.4, 0.5) is 0 Å². The highest BCUT2D eigenvalue weighted by Gasteiger charge is 2.32. The lowest BCUT2D eigenvalue weighted by Crippen LogP contribution is -2.40. The number of hydrogen-bond acceptors (Lipinski definition) is 3. The first kappa shape index (κ1) is 14.5. The molecule has 0 bridgehead atoms. The number of carbonyl (C=O) groups is 3. The monoisotopic (exact) mass is 256 g/mol. The van der Waals surface area contributed by atoms with E-state index in [2.05, 4.69) is 5.32 Å². The summed E-state index contributed by atoms with van der Waals surface area (Å²) in [6, 6.07) is 0. The van der Waals surface area contributed by atoms with E-state index in [0.29, 0.717) is 13.0 Å². The van der Waals surface area contributed by atoms with Gasteiger partial charge in [0, 0.05) is 20.5 Å². The molecule has 1 saturated carbocycles. The van der Waals surface area contributed by atoms with Gasteiger partial charge in [0.2, 0.25) is 11.8 Å². The van der Waals surface area contributed by atoms with Crippen LogP contribution in [0.15, 0.2) is 0 Å². The molecule has 18 heavy (non-hydrogen) atoms. The number of carboxylic acid groups (broad SMARTS) is 1. The maximum absolute atomic E-state index is 11.5. The molecule has 2 amide bonds. The summed E-state index contributed by atoms with van der Waals surface area (Å²) in [4.78, 5) is 34.8. The van der Waals surface area contributed by atoms with Crippen LogP contribution in [0.3, 0.4) is 0 Å². The molecule has 0 spiro atoms. The third kappa shape index (κ3) is 4.01. The fourth-order valence-electron chi connectivity index (χ4n) is 2.23. The van der Waals surface area contributed by atoms with E-state index < -0.39 is 5.97 Å². The summed E-state index contributed by atoms with van der Waals surface area (Å²) in [5.74, 6) is -1.55. The van der Waals surface area contributed by atoms with Gasteiger partial charge in [-0.3, -0.25) is 14.4 Å². The summed E-state index contributed by atoms with van der Waals surface area (Å²) < 4.78 is 0. The summed E-state index contributed by atoms with van der Waals surface area (Å²) >= 11 is 0. The van der Waals surface area contributed by atoms with Crippen molar-refractivity contribution in [1.29, 1.82) is 0 Å². The molecule has 0 saturated heterocycles. The molecule has 6 heteroatoms. The Bertz CT molecular complexity index is 343. The molecule has 1 aliphatic carbocycles. The molecule has 1 rings (SSSR count). The number of nitrogens with one attached hydrogen (secondary N) is 1. The number of nitrogens with zero attached hydrogens (tertiary/aromatic N) is 1. The predicted molar refractivity (Wildman–Crippen MR) is 64.8 cm³/mol. The minimum Gasteiger partial charge on any atom is -0.481 e. The van der Waals surface area contributed by atoms with Crippen LogP contribution >= 0.6 is 0 Å². The van der Waals surface area contributed by atoms with Crippen LogP contribution in [-0.2, 0) is 14.4 Å². The third-order valence-corrected chi connectivity index (χ3v) is 3.46. The number of likely N-dealkylation sites (N-methyl/N-ethyl adjacent to an activating group) is 1. The van der Waals surface area contributed by atoms with Crippen molar-refractivity contribution in [3.63, 3.8) is 0 Å². The van der Waals surface area contributed by atoms with E-state index in [4.69, 9.17) is 5.11 Å². The molecule has 2 atom stereocenters. The number of amides is 2. The molecule has 2 N–H and O–H groups in total. The fourth-order valence-corrected chi connectivity index (χ4v) is 2.23. The zero-order chi connectivity index (χ0) is 13.7. The lowest BCUT2D eigenvalue weighted by molar-refractivity contribution is -0.143. The van der Waals surface area contributed by atoms with Gasteiger partial charge in [-0.05, 0) is 18.8 Å². The minimum absolute atomic E-state index is 0.00841. The molecule has 0 aromatic carbocycles. The minimum atomic E-state index is -0.785. The molecule has 1 aliphatic rings. The van der Waals surface area contributed by atoms with Crippen molar-refractivity contribution in [3.05, 3.63) is 0 Å². The van der Waals surface area contributed by atoms with Gasteiger partial charge in [-0.15, -0.1) is 0 Å². The molecule has 0 aromatic rings. The van der Waals surface area contributed by atoms with Crippen molar-refractivity contribution < 1.29 is 19.5 Å². The zero-order valence-electron chi connectivity index (χ0n) is 10.8. The predicted octanol–water partition coefficient (Wildman–Crippen LogP) is 0.0818. The number of carbonyl (C=O) groups excluding carboxylic acids is 2. The molecule has 0 aliphatic heterocycles. The Morgan fingerprint density at radius 2 is 2.00 bits per heavy atom. The van der Waals surface area contributed by atoms with Crippen LogP contribution in [0, 0.1) is 11.8 Å². The van der Waals surface area contributed by atoms with Gasteiger partial charge in [-0.2, -0.15) is 0 Å². The van der Waals surface area contributed by atoms with E-state index in [1.54, 1.807) is 7.05 Å². The number of carboxylic acids is 1. The molecule has 2 unspecified atom stereocenters. The zero-order valence-corrected chi connectivity index (χ0v) is 10.8. The maximum atomic E-state index is 11.5. The Kier molecular flexibility index (Phi) is 5.12. The Labute approximate surface area is 106 Å². The summed E-state index contributed by atoms with van der Waals surface area (Å²) in [7, 11) is 1.55. The van der Waals surface area contributed by atoms with Crippen LogP contribution in [-0.4, -0.2) is 47.9 Å². The molecule has 1 fully saturated rings. The summed E-state index contributed by atoms with van der Waals surface area (Å²) in [5, 5.41) is 11.7. The van der Waals surface area contributed by atoms with Gasteiger partial charge in [0.1, 0.15) is 0 Å². The van der Waals surface area contributed by atoms with E-state index in [1.807, 2.05) is 0 Å². The first-order valence-corrected chi connectivity index (χ1v) is 6.13. The van der Waals surface area contributed by atoms with Crippen molar-refractivity contribution in [2.45, 2.75) is 26.2 Å². The van der Waals surface area contributed by atoms with Crippen molar-refractivity contribution >= 4 is 17.8 Å². The van der Waals surface area contributed by atoms with E-state index >= 15 is 0 Å². The van der Waals surface area contributed by atoms with Crippen LogP contribution < -0.4 is 5.32 Å². The third-order valence-electron chi connectivity index (χ3n) is 3.46. The van der Waals surface area contributed by atoms with Crippen LogP contribution in [0.5, 0.6) is 0 Å². The average molecular weight is 256 g/mol. The molecule has 102 valence electrons. The Morgan fingerprint density at radius 3 is 2.56 bits per heavy atom. The lowest BCUT2D eigenvalue weighted by atomic mass is 9.96. The van der Waals surface area contributed by atoms with E-state index in [9.17, 15) is 14.4 Å². The first-order chi connectivity index (χ1) is 8.41. The van der Waals surface area contributed by atoms with Crippen LogP contribution in [0.2, 0.25) is 0 Å². The summed E-state index contributed by atoms with van der Waals surface area (Å²) in [5.41, 5.74) is 0. The van der Waals surface area contributed by atoms with Crippen molar-refractivity contribution in [1.82, 2.24) is 10.2 Å². The lowest BCUT2D eigenvalue weighted by Gasteiger charge is -2.18. The number of hydrogen-bond donors (Lipinski definition) is 2. The quantitative estimate of drug-likeness (QED) is 0.729. The van der Waals surface area contributed by atoms with Crippen molar-refractivity contribution in [3.8, 4) is 0 Å². The Balaban J connectivity index is 2.34. The molecule has 0 aromatic heterocycles. The van der Waals surface area contributed by atoms with Gasteiger partial charge >= 0.3 is 5.97 Å². The van der Waals surface area contributed by atoms with E-state index in [0.717, 1.165) is 12.8 Å². The van der Waals surface area contributed by atoms with Gasteiger partial charge in [0.15, 0.2) is 0 Å². The smallest absolute Gasteiger partial charge is 0.306 e. The first-order valence-electron chi connectivity index (χ1n) is 6.13. The van der Waals surface area contributed by atoms with E-state index in [-0.39, 0.29) is 30.2 Å². The highest BCUT2D eigenvalue weighted by molar-refractivity contribution is 5.83. The Hall–Kier alpha value is -1.59. The second-order valence-electron chi connectivity index (χ2n) is 4.81. The second kappa shape index (κ2) is 6.37. The number of rotatable bonds is 5. The fraction of sp³-hybridized carbons (Fsp3) is 0.750. The summed E-state index contributed by atoms with van der Waals surface area (Å²) in [6.07, 6.45) is 2.41. The molecule has 0 heterocycles. The second-order valence-corrected chi connectivity index (χ2v) is 4.81. The van der Waals surface area contributed by atoms with Crippen LogP contribution in [0.25, 0.3) is 0 Å². The molecule has 6 nitrogen and oxygen atoms in total. The van der Waals surface area contributed by atoms with Gasteiger partial charge in [0.25, 0.3) is 0 Å². The van der Waals surface area contributed by atoms with Crippen molar-refractivity contribution in [2.75, 3.05) is 20.1 Å². The SMILES string of the molecule is CC(=O)N(C)CC(=O)NCC1CCCC1C(=O)O. The van der Waals surface area contributed by atoms with Gasteiger partial charge in [-0.25, -0.2) is 0 Å². The molecular formula is C12H20N2O4. The number of aliphatic carboxylic acids is 1. The highest BCUT2D eigenvalue weighted by Crippen LogP contribution is 2.31. The van der Waals surface area contributed by atoms with Gasteiger partial charge < -0.3 is 15.3 Å². The van der Waals surface area contributed by atoms with E-state index in [1.165, 1.54) is 11.8 Å². The van der Waals surface area contributed by atoms with Gasteiger partial charge in [0.05, 0.1) is 12.5 Å².